The number of piperidine rings is 1. The van der Waals surface area contributed by atoms with Crippen molar-refractivity contribution in [3.63, 3.8) is 0 Å². The maximum Gasteiger partial charge on any atom is 0.420 e. The first-order chi connectivity index (χ1) is 11.2. The number of amides is 1. The van der Waals surface area contributed by atoms with Crippen molar-refractivity contribution in [2.45, 2.75) is 24.3 Å². The summed E-state index contributed by atoms with van der Waals surface area (Å²) in [5, 5.41) is 0. The van der Waals surface area contributed by atoms with E-state index in [9.17, 15) is 9.59 Å². The molecular formula is C16H18N2O4S. The normalized spacial score (nSPS) is 20.4. The van der Waals surface area contributed by atoms with Gasteiger partial charge >= 0.3 is 5.76 Å². The molecule has 1 aromatic heterocycles. The Labute approximate surface area is 137 Å². The highest BCUT2D eigenvalue weighted by atomic mass is 32.2. The van der Waals surface area contributed by atoms with Crippen molar-refractivity contribution in [1.82, 2.24) is 9.47 Å². The zero-order valence-corrected chi connectivity index (χ0v) is 13.5. The molecule has 2 saturated heterocycles. The van der Waals surface area contributed by atoms with Gasteiger partial charge in [0.2, 0.25) is 5.91 Å². The Morgan fingerprint density at radius 1 is 1.26 bits per heavy atom. The highest BCUT2D eigenvalue weighted by Crippen LogP contribution is 2.41. The fourth-order valence-electron chi connectivity index (χ4n) is 3.28. The van der Waals surface area contributed by atoms with Crippen molar-refractivity contribution in [3.05, 3.63) is 34.8 Å². The van der Waals surface area contributed by atoms with Crippen LogP contribution in [-0.4, -0.2) is 45.8 Å². The molecule has 0 radical (unpaired) electrons. The minimum absolute atomic E-state index is 0.0246. The SMILES string of the molecule is O=C(Cn1c(=O)oc2ccccc21)N1CCC2(CC1)OCCS2. The number of likely N-dealkylation sites (tertiary alicyclic amines) is 1. The van der Waals surface area contributed by atoms with E-state index in [4.69, 9.17) is 9.15 Å². The van der Waals surface area contributed by atoms with Crippen LogP contribution in [0, 0.1) is 0 Å². The second-order valence-corrected chi connectivity index (χ2v) is 7.35. The van der Waals surface area contributed by atoms with Crippen LogP contribution in [0.15, 0.2) is 33.5 Å². The van der Waals surface area contributed by atoms with Crippen molar-refractivity contribution < 1.29 is 13.9 Å². The largest absolute Gasteiger partial charge is 0.420 e. The van der Waals surface area contributed by atoms with Gasteiger partial charge in [-0.25, -0.2) is 4.79 Å². The van der Waals surface area contributed by atoms with Gasteiger partial charge in [0.15, 0.2) is 5.58 Å². The maximum atomic E-state index is 12.5. The summed E-state index contributed by atoms with van der Waals surface area (Å²) in [5.74, 6) is 0.504. The van der Waals surface area contributed by atoms with Crippen LogP contribution in [0.1, 0.15) is 12.8 Å². The van der Waals surface area contributed by atoms with Crippen molar-refractivity contribution >= 4 is 28.8 Å². The number of benzene rings is 1. The molecule has 3 heterocycles. The van der Waals surface area contributed by atoms with E-state index in [2.05, 4.69) is 0 Å². The molecule has 0 atom stereocenters. The number of aromatic nitrogens is 1. The molecule has 0 bridgehead atoms. The van der Waals surface area contributed by atoms with Crippen LogP contribution in [0.2, 0.25) is 0 Å². The smallest absolute Gasteiger partial charge is 0.408 e. The summed E-state index contributed by atoms with van der Waals surface area (Å²) in [5.41, 5.74) is 1.17. The quantitative estimate of drug-likeness (QED) is 0.836. The fraction of sp³-hybridized carbons (Fsp3) is 0.500. The van der Waals surface area contributed by atoms with E-state index in [1.54, 1.807) is 18.2 Å². The van der Waals surface area contributed by atoms with Gasteiger partial charge in [0, 0.05) is 31.7 Å². The monoisotopic (exact) mass is 334 g/mol. The van der Waals surface area contributed by atoms with E-state index >= 15 is 0 Å². The molecule has 7 heteroatoms. The summed E-state index contributed by atoms with van der Waals surface area (Å²) in [7, 11) is 0. The molecule has 1 aromatic carbocycles. The molecule has 0 saturated carbocycles. The van der Waals surface area contributed by atoms with E-state index in [1.807, 2.05) is 22.7 Å². The minimum Gasteiger partial charge on any atom is -0.408 e. The standard InChI is InChI=1S/C16H18N2O4S/c19-14(17-7-5-16(6-8-17)21-9-10-23-16)11-18-12-3-1-2-4-13(12)22-15(18)20/h1-4H,5-11H2. The second kappa shape index (κ2) is 5.72. The van der Waals surface area contributed by atoms with Gasteiger partial charge in [0.1, 0.15) is 11.5 Å². The minimum atomic E-state index is -0.484. The first-order valence-electron chi connectivity index (χ1n) is 7.81. The van der Waals surface area contributed by atoms with Crippen molar-refractivity contribution in [2.24, 2.45) is 0 Å². The van der Waals surface area contributed by atoms with E-state index < -0.39 is 5.76 Å². The highest BCUT2D eigenvalue weighted by molar-refractivity contribution is 8.00. The number of thioether (sulfide) groups is 1. The summed E-state index contributed by atoms with van der Waals surface area (Å²) in [4.78, 5) is 26.2. The molecule has 23 heavy (non-hydrogen) atoms. The summed E-state index contributed by atoms with van der Waals surface area (Å²) < 4.78 is 12.4. The summed E-state index contributed by atoms with van der Waals surface area (Å²) in [6.07, 6.45) is 1.70. The van der Waals surface area contributed by atoms with E-state index in [0.29, 0.717) is 24.2 Å². The number of hydrogen-bond donors (Lipinski definition) is 0. The van der Waals surface area contributed by atoms with Gasteiger partial charge in [0.25, 0.3) is 0 Å². The van der Waals surface area contributed by atoms with Gasteiger partial charge in [-0.05, 0) is 12.1 Å². The van der Waals surface area contributed by atoms with Crippen LogP contribution in [0.3, 0.4) is 0 Å². The van der Waals surface area contributed by atoms with Gasteiger partial charge in [-0.3, -0.25) is 9.36 Å². The molecule has 0 aliphatic carbocycles. The second-order valence-electron chi connectivity index (χ2n) is 5.91. The van der Waals surface area contributed by atoms with Crippen LogP contribution in [0.25, 0.3) is 11.1 Å². The number of rotatable bonds is 2. The predicted octanol–water partition coefficient (Wildman–Crippen LogP) is 1.68. The molecule has 6 nitrogen and oxygen atoms in total. The van der Waals surface area contributed by atoms with Gasteiger partial charge < -0.3 is 14.1 Å². The Balaban J connectivity index is 1.48. The van der Waals surface area contributed by atoms with Gasteiger partial charge in [-0.1, -0.05) is 12.1 Å². The van der Waals surface area contributed by atoms with Crippen molar-refractivity contribution in [2.75, 3.05) is 25.4 Å². The lowest BCUT2D eigenvalue weighted by molar-refractivity contribution is -0.134. The molecule has 2 aromatic rings. The first kappa shape index (κ1) is 14.8. The Kier molecular flexibility index (Phi) is 3.69. The van der Waals surface area contributed by atoms with Crippen LogP contribution in [0.5, 0.6) is 0 Å². The van der Waals surface area contributed by atoms with E-state index in [1.165, 1.54) is 4.57 Å². The van der Waals surface area contributed by atoms with Crippen molar-refractivity contribution in [1.29, 1.82) is 0 Å². The molecular weight excluding hydrogens is 316 g/mol. The molecule has 2 fully saturated rings. The number of nitrogens with zero attached hydrogens (tertiary/aromatic N) is 2. The van der Waals surface area contributed by atoms with Gasteiger partial charge in [-0.15, -0.1) is 11.8 Å². The van der Waals surface area contributed by atoms with Gasteiger partial charge in [-0.2, -0.15) is 0 Å². The number of fused-ring (bicyclic) bond motifs is 1. The zero-order valence-electron chi connectivity index (χ0n) is 12.7. The third-order valence-corrected chi connectivity index (χ3v) is 5.98. The topological polar surface area (TPSA) is 64.7 Å². The molecule has 0 unspecified atom stereocenters. The van der Waals surface area contributed by atoms with E-state index in [-0.39, 0.29) is 17.4 Å². The van der Waals surface area contributed by atoms with Crippen LogP contribution in [0.4, 0.5) is 0 Å². The summed E-state index contributed by atoms with van der Waals surface area (Å²) in [6.45, 7) is 2.18. The number of carbonyl (C=O) groups excluding carboxylic acids is 1. The number of para-hydroxylation sites is 2. The zero-order chi connectivity index (χ0) is 15.9. The molecule has 122 valence electrons. The van der Waals surface area contributed by atoms with Crippen LogP contribution >= 0.6 is 11.8 Å². The van der Waals surface area contributed by atoms with Crippen LogP contribution in [-0.2, 0) is 16.1 Å². The van der Waals surface area contributed by atoms with Crippen molar-refractivity contribution in [3.8, 4) is 0 Å². The predicted molar refractivity (Wildman–Crippen MR) is 87.4 cm³/mol. The Bertz CT molecular complexity index is 781. The Morgan fingerprint density at radius 3 is 2.78 bits per heavy atom. The number of hydrogen-bond acceptors (Lipinski definition) is 5. The molecule has 1 amide bonds. The third kappa shape index (κ3) is 2.68. The molecule has 0 N–H and O–H groups in total. The maximum absolute atomic E-state index is 12.5. The lowest BCUT2D eigenvalue weighted by Crippen LogP contribution is -2.46. The fourth-order valence-corrected chi connectivity index (χ4v) is 4.46. The Hall–Kier alpha value is -1.73. The molecule has 2 aliphatic rings. The molecule has 4 rings (SSSR count). The number of oxazole rings is 1. The number of ether oxygens (including phenoxy) is 1. The lowest BCUT2D eigenvalue weighted by Gasteiger charge is -2.37. The average molecular weight is 334 g/mol. The average Bonchev–Trinajstić information content (AvgIpc) is 3.14. The summed E-state index contributed by atoms with van der Waals surface area (Å²) >= 11 is 1.86. The van der Waals surface area contributed by atoms with Gasteiger partial charge in [0.05, 0.1) is 12.1 Å². The third-order valence-electron chi connectivity index (χ3n) is 4.56. The summed E-state index contributed by atoms with van der Waals surface area (Å²) in [6, 6.07) is 7.16. The molecule has 1 spiro atoms. The van der Waals surface area contributed by atoms with E-state index in [0.717, 1.165) is 25.2 Å². The Morgan fingerprint density at radius 2 is 2.04 bits per heavy atom. The van der Waals surface area contributed by atoms with Crippen LogP contribution < -0.4 is 5.76 Å². The first-order valence-corrected chi connectivity index (χ1v) is 8.80. The molecule has 2 aliphatic heterocycles. The number of carbonyl (C=O) groups is 1. The lowest BCUT2D eigenvalue weighted by atomic mass is 10.1. The highest BCUT2D eigenvalue weighted by Gasteiger charge is 2.40.